The van der Waals surface area contributed by atoms with Gasteiger partial charge in [0.2, 0.25) is 5.75 Å². The molecule has 2 heterocycles. The van der Waals surface area contributed by atoms with Gasteiger partial charge in [0, 0.05) is 39.3 Å². The first kappa shape index (κ1) is 21.1. The highest BCUT2D eigenvalue weighted by atomic mass is 16.6. The fourth-order valence-corrected chi connectivity index (χ4v) is 3.62. The van der Waals surface area contributed by atoms with Gasteiger partial charge in [-0.1, -0.05) is 6.07 Å². The molecule has 8 nitrogen and oxygen atoms in total. The molecule has 28 heavy (non-hydrogen) atoms. The molecule has 2 saturated heterocycles. The summed E-state index contributed by atoms with van der Waals surface area (Å²) >= 11 is 0. The molecule has 0 saturated carbocycles. The van der Waals surface area contributed by atoms with Crippen molar-refractivity contribution in [3.8, 4) is 17.2 Å². The molecular formula is C20H32N2O6. The average molecular weight is 396 g/mol. The van der Waals surface area contributed by atoms with Crippen LogP contribution in [0.2, 0.25) is 0 Å². The van der Waals surface area contributed by atoms with Crippen LogP contribution in [0.5, 0.6) is 17.2 Å². The van der Waals surface area contributed by atoms with Crippen molar-refractivity contribution < 1.29 is 28.8 Å². The Hall–Kier alpha value is -1.58. The summed E-state index contributed by atoms with van der Waals surface area (Å²) in [6.45, 7) is 7.14. The Morgan fingerprint density at radius 3 is 2.36 bits per heavy atom. The number of nitrogens with zero attached hydrogens (tertiary/aromatic N) is 2. The number of β-amino-alcohol motifs (C(OH)–C–C–N with tert-alkyl or cyclic N) is 1. The molecule has 3 rings (SSSR count). The molecule has 158 valence electrons. The maximum atomic E-state index is 10.5. The van der Waals surface area contributed by atoms with E-state index in [0.717, 1.165) is 39.4 Å². The second kappa shape index (κ2) is 10.8. The van der Waals surface area contributed by atoms with E-state index in [1.165, 1.54) is 0 Å². The van der Waals surface area contributed by atoms with Crippen molar-refractivity contribution in [3.63, 3.8) is 0 Å². The monoisotopic (exact) mass is 396 g/mol. The fraction of sp³-hybridized carbons (Fsp3) is 0.700. The molecule has 2 aliphatic heterocycles. The molecule has 0 spiro atoms. The fourth-order valence-electron chi connectivity index (χ4n) is 3.62. The molecule has 1 N–H and O–H groups in total. The molecule has 0 bridgehead atoms. The third kappa shape index (κ3) is 5.96. The number of aliphatic hydroxyl groups excluding tert-OH is 1. The number of ether oxygens (including phenoxy) is 5. The number of methoxy groups -OCH3 is 2. The number of rotatable bonds is 9. The maximum Gasteiger partial charge on any atom is 0.203 e. The van der Waals surface area contributed by atoms with Crippen LogP contribution in [-0.4, -0.2) is 107 Å². The minimum Gasteiger partial charge on any atom is -0.493 e. The topological polar surface area (TPSA) is 72.9 Å². The first-order chi connectivity index (χ1) is 13.7. The summed E-state index contributed by atoms with van der Waals surface area (Å²) in [6, 6.07) is 5.54. The molecule has 2 atom stereocenters. The summed E-state index contributed by atoms with van der Waals surface area (Å²) in [5, 5.41) is 10.5. The largest absolute Gasteiger partial charge is 0.493 e. The van der Waals surface area contributed by atoms with Crippen LogP contribution in [0.3, 0.4) is 0 Å². The third-order valence-corrected chi connectivity index (χ3v) is 5.06. The van der Waals surface area contributed by atoms with Crippen LogP contribution in [0.25, 0.3) is 0 Å². The van der Waals surface area contributed by atoms with Gasteiger partial charge in [0.15, 0.2) is 11.5 Å². The molecule has 0 amide bonds. The van der Waals surface area contributed by atoms with E-state index in [1.54, 1.807) is 14.2 Å². The van der Waals surface area contributed by atoms with Gasteiger partial charge in [-0.3, -0.25) is 9.80 Å². The lowest BCUT2D eigenvalue weighted by Gasteiger charge is -2.35. The summed E-state index contributed by atoms with van der Waals surface area (Å²) in [4.78, 5) is 4.49. The van der Waals surface area contributed by atoms with Crippen LogP contribution in [0.15, 0.2) is 18.2 Å². The van der Waals surface area contributed by atoms with Crippen LogP contribution >= 0.6 is 0 Å². The highest BCUT2D eigenvalue weighted by Crippen LogP contribution is 2.36. The number of hydrogen-bond donors (Lipinski definition) is 1. The number of aliphatic hydroxyl groups is 1. The Labute approximate surface area is 166 Å². The van der Waals surface area contributed by atoms with E-state index in [2.05, 4.69) is 9.80 Å². The molecule has 2 aliphatic rings. The Kier molecular flexibility index (Phi) is 8.17. The van der Waals surface area contributed by atoms with Crippen molar-refractivity contribution in [3.05, 3.63) is 18.2 Å². The van der Waals surface area contributed by atoms with Crippen molar-refractivity contribution in [2.75, 3.05) is 79.9 Å². The molecule has 1 aromatic carbocycles. The van der Waals surface area contributed by atoms with Crippen molar-refractivity contribution in [1.82, 2.24) is 9.80 Å². The van der Waals surface area contributed by atoms with Crippen LogP contribution in [0.1, 0.15) is 0 Å². The zero-order valence-electron chi connectivity index (χ0n) is 16.8. The maximum absolute atomic E-state index is 10.5. The second-order valence-corrected chi connectivity index (χ2v) is 7.12. The number of benzene rings is 1. The lowest BCUT2D eigenvalue weighted by atomic mass is 10.2. The van der Waals surface area contributed by atoms with Crippen LogP contribution < -0.4 is 14.2 Å². The zero-order chi connectivity index (χ0) is 19.8. The van der Waals surface area contributed by atoms with Gasteiger partial charge in [-0.05, 0) is 12.1 Å². The highest BCUT2D eigenvalue weighted by Gasteiger charge is 2.25. The van der Waals surface area contributed by atoms with Gasteiger partial charge >= 0.3 is 0 Å². The van der Waals surface area contributed by atoms with E-state index in [-0.39, 0.29) is 12.2 Å². The predicted molar refractivity (Wildman–Crippen MR) is 104 cm³/mol. The van der Waals surface area contributed by atoms with Crippen molar-refractivity contribution in [2.24, 2.45) is 0 Å². The van der Waals surface area contributed by atoms with Gasteiger partial charge in [0.05, 0.1) is 40.1 Å². The molecular weight excluding hydrogens is 364 g/mol. The quantitative estimate of drug-likeness (QED) is 0.646. The summed E-state index contributed by atoms with van der Waals surface area (Å²) in [6.07, 6.45) is -0.453. The Bertz CT molecular complexity index is 574. The SMILES string of the molecule is COc1cccc(OC)c1OC[C@@H]1CN(C[C@H](O)CN2CCOCC2)CCO1. The molecule has 1 aromatic rings. The highest BCUT2D eigenvalue weighted by molar-refractivity contribution is 5.51. The van der Waals surface area contributed by atoms with E-state index in [1.807, 2.05) is 18.2 Å². The minimum absolute atomic E-state index is 0.0704. The molecule has 0 aromatic heterocycles. The summed E-state index contributed by atoms with van der Waals surface area (Å²) in [7, 11) is 3.21. The first-order valence-electron chi connectivity index (χ1n) is 9.85. The van der Waals surface area contributed by atoms with E-state index in [9.17, 15) is 5.11 Å². The summed E-state index contributed by atoms with van der Waals surface area (Å²) in [5.74, 6) is 1.85. The van der Waals surface area contributed by atoms with Gasteiger partial charge in [0.1, 0.15) is 12.7 Å². The van der Waals surface area contributed by atoms with E-state index >= 15 is 0 Å². The van der Waals surface area contributed by atoms with Gasteiger partial charge < -0.3 is 28.8 Å². The smallest absolute Gasteiger partial charge is 0.203 e. The normalized spacial score (nSPS) is 22.6. The Morgan fingerprint density at radius 1 is 1.04 bits per heavy atom. The number of hydrogen-bond acceptors (Lipinski definition) is 8. The summed E-state index contributed by atoms with van der Waals surface area (Å²) in [5.41, 5.74) is 0. The molecule has 0 radical (unpaired) electrons. The average Bonchev–Trinajstić information content (AvgIpc) is 2.72. The molecule has 8 heteroatoms. The van der Waals surface area contributed by atoms with Crippen molar-refractivity contribution >= 4 is 0 Å². The number of morpholine rings is 2. The van der Waals surface area contributed by atoms with E-state index in [0.29, 0.717) is 43.6 Å². The standard InChI is InChI=1S/C20H32N2O6/c1-24-18-4-3-5-19(25-2)20(18)28-15-17-14-22(8-11-27-17)13-16(23)12-21-6-9-26-10-7-21/h3-5,16-17,23H,6-15H2,1-2H3/t16-,17+/m1/s1. The Balaban J connectivity index is 1.47. The lowest BCUT2D eigenvalue weighted by Crippen LogP contribution is -2.50. The van der Waals surface area contributed by atoms with Gasteiger partial charge in [0.25, 0.3) is 0 Å². The van der Waals surface area contributed by atoms with E-state index in [4.69, 9.17) is 23.7 Å². The predicted octanol–water partition coefficient (Wildman–Crippen LogP) is 0.477. The molecule has 2 fully saturated rings. The van der Waals surface area contributed by atoms with Crippen LogP contribution in [-0.2, 0) is 9.47 Å². The minimum atomic E-state index is -0.382. The van der Waals surface area contributed by atoms with Gasteiger partial charge in [-0.25, -0.2) is 0 Å². The van der Waals surface area contributed by atoms with Crippen LogP contribution in [0.4, 0.5) is 0 Å². The second-order valence-electron chi connectivity index (χ2n) is 7.12. The summed E-state index contributed by atoms with van der Waals surface area (Å²) < 4.78 is 27.9. The number of para-hydroxylation sites is 1. The molecule has 0 aliphatic carbocycles. The van der Waals surface area contributed by atoms with E-state index < -0.39 is 0 Å². The van der Waals surface area contributed by atoms with Crippen molar-refractivity contribution in [2.45, 2.75) is 12.2 Å². The lowest BCUT2D eigenvalue weighted by molar-refractivity contribution is -0.0619. The van der Waals surface area contributed by atoms with Gasteiger partial charge in [-0.15, -0.1) is 0 Å². The van der Waals surface area contributed by atoms with Gasteiger partial charge in [-0.2, -0.15) is 0 Å². The van der Waals surface area contributed by atoms with Crippen LogP contribution in [0, 0.1) is 0 Å². The Morgan fingerprint density at radius 2 is 1.68 bits per heavy atom. The molecule has 0 unspecified atom stereocenters. The zero-order valence-corrected chi connectivity index (χ0v) is 16.8. The van der Waals surface area contributed by atoms with Crippen molar-refractivity contribution in [1.29, 1.82) is 0 Å². The first-order valence-corrected chi connectivity index (χ1v) is 9.85. The third-order valence-electron chi connectivity index (χ3n) is 5.06.